The molecule has 4 fully saturated rings. The Kier molecular flexibility index (Phi) is 10.5. The zero-order valence-corrected chi connectivity index (χ0v) is 31.6. The number of pyridine rings is 1. The Bertz CT molecular complexity index is 2090. The SMILES string of the molecule is COC(=O)N[C@@H](O)C(=O)N1CCC[C@H]1c1ncc(-c2ccc3nc(N4CCC(c5cnc([C@@H]6CCCN6C(=O)[C@@H](NC(=O)OC)C6CC6)[nH]5)CC4)ccc3c2)[nH]1. The Hall–Kier alpha value is -5.71. The Morgan fingerprint density at radius 2 is 1.45 bits per heavy atom. The van der Waals surface area contributed by atoms with E-state index in [1.807, 2.05) is 23.2 Å². The molecule has 1 saturated carbocycles. The quantitative estimate of drug-likeness (QED) is 0.146. The number of anilines is 1. The summed E-state index contributed by atoms with van der Waals surface area (Å²) in [6.45, 7) is 2.77. The molecule has 1 aromatic carbocycles. The predicted octanol–water partition coefficient (Wildman–Crippen LogP) is 3.87. The molecular weight excluding hydrogens is 720 g/mol. The lowest BCUT2D eigenvalue weighted by Gasteiger charge is -2.32. The Morgan fingerprint density at radius 3 is 2.14 bits per heavy atom. The molecule has 6 heterocycles. The summed E-state index contributed by atoms with van der Waals surface area (Å²) in [5.41, 5.74) is 3.70. The average Bonchev–Trinajstić information content (AvgIpc) is 3.69. The topological polar surface area (TPSA) is 211 Å². The van der Waals surface area contributed by atoms with Crippen molar-refractivity contribution in [1.82, 2.24) is 45.4 Å². The number of piperidine rings is 1. The minimum absolute atomic E-state index is 0.0579. The molecule has 4 atom stereocenters. The zero-order chi connectivity index (χ0) is 38.9. The summed E-state index contributed by atoms with van der Waals surface area (Å²) in [6.07, 6.45) is 7.36. The van der Waals surface area contributed by atoms with E-state index in [4.69, 9.17) is 14.7 Å². The van der Waals surface area contributed by atoms with Crippen LogP contribution in [0.5, 0.6) is 0 Å². The normalized spacial score (nSPS) is 21.2. The van der Waals surface area contributed by atoms with Crippen LogP contribution in [0.1, 0.15) is 86.7 Å². The van der Waals surface area contributed by atoms with Crippen LogP contribution < -0.4 is 15.5 Å². The number of rotatable bonds is 10. The van der Waals surface area contributed by atoms with Gasteiger partial charge < -0.3 is 44.6 Å². The van der Waals surface area contributed by atoms with Crippen molar-refractivity contribution in [1.29, 1.82) is 0 Å². The van der Waals surface area contributed by atoms with Crippen LogP contribution >= 0.6 is 0 Å². The number of aliphatic hydroxyl groups is 1. The summed E-state index contributed by atoms with van der Waals surface area (Å²) in [4.78, 5) is 77.0. The van der Waals surface area contributed by atoms with Crippen molar-refractivity contribution in [3.05, 3.63) is 60.1 Å². The van der Waals surface area contributed by atoms with Gasteiger partial charge in [0.25, 0.3) is 5.91 Å². The first-order valence-electron chi connectivity index (χ1n) is 19.4. The van der Waals surface area contributed by atoms with Gasteiger partial charge in [0.2, 0.25) is 12.1 Å². The zero-order valence-electron chi connectivity index (χ0n) is 31.6. The molecule has 3 saturated heterocycles. The highest BCUT2D eigenvalue weighted by molar-refractivity contribution is 5.87. The number of likely N-dealkylation sites (tertiary alicyclic amines) is 2. The Labute approximate surface area is 323 Å². The van der Waals surface area contributed by atoms with Gasteiger partial charge in [0, 0.05) is 54.9 Å². The highest BCUT2D eigenvalue weighted by Gasteiger charge is 2.43. The smallest absolute Gasteiger partial charge is 0.409 e. The number of aliphatic hydroxyl groups excluding tert-OH is 1. The summed E-state index contributed by atoms with van der Waals surface area (Å²) in [6, 6.07) is 9.16. The van der Waals surface area contributed by atoms with Crippen molar-refractivity contribution in [3.63, 3.8) is 0 Å². The molecule has 1 aliphatic carbocycles. The third-order valence-electron chi connectivity index (χ3n) is 11.6. The second kappa shape index (κ2) is 15.8. The third-order valence-corrected chi connectivity index (χ3v) is 11.6. The molecule has 4 aliphatic rings. The number of carbonyl (C=O) groups excluding carboxylic acids is 4. The van der Waals surface area contributed by atoms with E-state index in [0.29, 0.717) is 31.3 Å². The lowest BCUT2D eigenvalue weighted by molar-refractivity contribution is -0.142. The Balaban J connectivity index is 0.880. The van der Waals surface area contributed by atoms with Crippen LogP contribution in [0.3, 0.4) is 0 Å². The summed E-state index contributed by atoms with van der Waals surface area (Å²) in [7, 11) is 2.48. The van der Waals surface area contributed by atoms with E-state index >= 15 is 0 Å². The first-order valence-corrected chi connectivity index (χ1v) is 19.4. The van der Waals surface area contributed by atoms with Crippen molar-refractivity contribution in [2.24, 2.45) is 5.92 Å². The van der Waals surface area contributed by atoms with Crippen molar-refractivity contribution < 1.29 is 33.8 Å². The van der Waals surface area contributed by atoms with Crippen LogP contribution in [-0.4, -0.2) is 116 Å². The number of nitrogens with zero attached hydrogens (tertiary/aromatic N) is 6. The van der Waals surface area contributed by atoms with Crippen molar-refractivity contribution in [2.45, 2.75) is 81.6 Å². The fraction of sp³-hybridized carbons (Fsp3) is 0.513. The van der Waals surface area contributed by atoms with Crippen LogP contribution in [0.2, 0.25) is 0 Å². The molecule has 5 N–H and O–H groups in total. The number of hydrogen-bond acceptors (Lipinski definition) is 11. The fourth-order valence-corrected chi connectivity index (χ4v) is 8.45. The number of H-pyrrole nitrogens is 2. The molecule has 0 radical (unpaired) electrons. The molecular formula is C39H48N10O7. The molecule has 0 bridgehead atoms. The van der Waals surface area contributed by atoms with Crippen LogP contribution in [-0.2, 0) is 19.1 Å². The van der Waals surface area contributed by atoms with Gasteiger partial charge in [-0.3, -0.25) is 14.9 Å². The highest BCUT2D eigenvalue weighted by atomic mass is 16.5. The molecule has 56 heavy (non-hydrogen) atoms. The molecule has 296 valence electrons. The predicted molar refractivity (Wildman–Crippen MR) is 203 cm³/mol. The third kappa shape index (κ3) is 7.59. The summed E-state index contributed by atoms with van der Waals surface area (Å²) >= 11 is 0. The number of carbonyl (C=O) groups is 4. The van der Waals surface area contributed by atoms with E-state index < -0.39 is 30.4 Å². The molecule has 3 aliphatic heterocycles. The van der Waals surface area contributed by atoms with Crippen molar-refractivity contribution in [3.8, 4) is 11.3 Å². The monoisotopic (exact) mass is 768 g/mol. The molecule has 4 aromatic rings. The van der Waals surface area contributed by atoms with Crippen molar-refractivity contribution in [2.75, 3.05) is 45.3 Å². The van der Waals surface area contributed by atoms with Gasteiger partial charge in [-0.05, 0) is 81.5 Å². The average molecular weight is 769 g/mol. The number of ether oxygens (including phenoxy) is 2. The van der Waals surface area contributed by atoms with Crippen molar-refractivity contribution >= 4 is 40.7 Å². The minimum Gasteiger partial charge on any atom is -0.453 e. The van der Waals surface area contributed by atoms with Gasteiger partial charge >= 0.3 is 12.2 Å². The molecule has 4 amide bonds. The van der Waals surface area contributed by atoms with E-state index in [2.05, 4.69) is 53.4 Å². The second-order valence-corrected chi connectivity index (χ2v) is 15.1. The number of aromatic amines is 2. The molecule has 8 rings (SSSR count). The van der Waals surface area contributed by atoms with Gasteiger partial charge in [-0.1, -0.05) is 6.07 Å². The minimum atomic E-state index is -1.70. The Morgan fingerprint density at radius 1 is 0.786 bits per heavy atom. The number of imidazole rings is 2. The second-order valence-electron chi connectivity index (χ2n) is 15.1. The largest absolute Gasteiger partial charge is 0.453 e. The number of methoxy groups -OCH3 is 2. The van der Waals surface area contributed by atoms with E-state index in [0.717, 1.165) is 105 Å². The van der Waals surface area contributed by atoms with E-state index in [1.54, 1.807) is 6.20 Å². The number of alkyl carbamates (subject to hydrolysis) is 2. The van der Waals surface area contributed by atoms with Gasteiger partial charge in [0.1, 0.15) is 23.5 Å². The lowest BCUT2D eigenvalue weighted by atomic mass is 9.94. The molecule has 0 unspecified atom stereocenters. The maximum atomic E-state index is 13.6. The number of amides is 4. The number of benzene rings is 1. The van der Waals surface area contributed by atoms with Gasteiger partial charge in [-0.15, -0.1) is 0 Å². The van der Waals surface area contributed by atoms with Gasteiger partial charge in [0.15, 0.2) is 0 Å². The molecule has 0 spiro atoms. The number of nitrogens with one attached hydrogen (secondary N) is 4. The number of aromatic nitrogens is 5. The van der Waals surface area contributed by atoms with Crippen LogP contribution in [0, 0.1) is 5.92 Å². The first-order chi connectivity index (χ1) is 27.2. The van der Waals surface area contributed by atoms with Gasteiger partial charge in [-0.25, -0.2) is 24.5 Å². The van der Waals surface area contributed by atoms with E-state index in [-0.39, 0.29) is 23.9 Å². The first kappa shape index (κ1) is 37.2. The van der Waals surface area contributed by atoms with E-state index in [9.17, 15) is 24.3 Å². The maximum absolute atomic E-state index is 13.6. The summed E-state index contributed by atoms with van der Waals surface area (Å²) in [5.74, 6) is 2.15. The summed E-state index contributed by atoms with van der Waals surface area (Å²) in [5, 5.41) is 16.1. The van der Waals surface area contributed by atoms with Gasteiger partial charge in [0.05, 0.1) is 43.7 Å². The lowest BCUT2D eigenvalue weighted by Crippen LogP contribution is -2.49. The molecule has 17 heteroatoms. The van der Waals surface area contributed by atoms with Crippen LogP contribution in [0.4, 0.5) is 15.4 Å². The van der Waals surface area contributed by atoms with E-state index in [1.165, 1.54) is 12.0 Å². The van der Waals surface area contributed by atoms with Gasteiger partial charge in [-0.2, -0.15) is 0 Å². The van der Waals surface area contributed by atoms with Crippen LogP contribution in [0.15, 0.2) is 42.7 Å². The number of fused-ring (bicyclic) bond motifs is 1. The molecule has 3 aromatic heterocycles. The maximum Gasteiger partial charge on any atom is 0.409 e. The fourth-order valence-electron chi connectivity index (χ4n) is 8.45. The standard InChI is InChI=1S/C39H48N10O7/c1-55-38(53)45-32(23-7-8-23)36(51)48-15-3-5-29(48)33-40-20-27(43-33)22-13-17-47(18-14-22)31-12-10-24-19-25(9-11-26(24)42-31)28-21-41-34(44-28)30-6-4-16-49(30)37(52)35(50)46-39(54)56-2/h9-12,19-23,29-30,32,35,50H,3-8,13-18H2,1-2H3,(H,40,43)(H,41,44)(H,45,53)(H,46,54)/t29-,30-,32-,35-/m0/s1. The summed E-state index contributed by atoms with van der Waals surface area (Å²) < 4.78 is 9.29. The highest BCUT2D eigenvalue weighted by Crippen LogP contribution is 2.39. The number of hydrogen-bond donors (Lipinski definition) is 5. The van der Waals surface area contributed by atoms with Crippen LogP contribution in [0.25, 0.3) is 22.2 Å². The molecule has 17 nitrogen and oxygen atoms in total.